The number of rotatable bonds is 6. The average Bonchev–Trinajstić information content (AvgIpc) is 1.77. The van der Waals surface area contributed by atoms with E-state index in [-0.39, 0.29) is 5.28 Å². The molecule has 0 spiro atoms. The van der Waals surface area contributed by atoms with E-state index in [4.69, 9.17) is 53.4 Å². The molecule has 2 N–H and O–H groups in total. The van der Waals surface area contributed by atoms with E-state index in [1.54, 1.807) is 27.7 Å². The van der Waals surface area contributed by atoms with Crippen LogP contribution in [0.4, 0.5) is 0 Å². The second-order valence-corrected chi connectivity index (χ2v) is 22.8. The summed E-state index contributed by atoms with van der Waals surface area (Å²) in [5.41, 5.74) is 6.66. The molecule has 0 saturated carbocycles. The van der Waals surface area contributed by atoms with E-state index in [1.807, 2.05) is 146 Å². The van der Waals surface area contributed by atoms with Gasteiger partial charge in [0.05, 0.1) is 11.2 Å². The van der Waals surface area contributed by atoms with Gasteiger partial charge in [0, 0.05) is 49.4 Å². The van der Waals surface area contributed by atoms with Crippen LogP contribution in [0.3, 0.4) is 0 Å². The van der Waals surface area contributed by atoms with E-state index in [0.717, 1.165) is 82.5 Å². The molecular weight excluding hydrogens is 1110 g/mol. The van der Waals surface area contributed by atoms with Crippen molar-refractivity contribution >= 4 is 112 Å². The first kappa shape index (κ1) is 56.7. The summed E-state index contributed by atoms with van der Waals surface area (Å²) in [4.78, 5) is 28.3. The third kappa shape index (κ3) is 11.6. The predicted octanol–water partition coefficient (Wildman–Crippen LogP) is 18.2. The molecule has 0 atom stereocenters. The van der Waals surface area contributed by atoms with Crippen LogP contribution in [-0.2, 0) is 0 Å². The van der Waals surface area contributed by atoms with Crippen LogP contribution in [-0.4, -0.2) is 59.2 Å². The summed E-state index contributed by atoms with van der Waals surface area (Å²) < 4.78 is 12.1. The van der Waals surface area contributed by atoms with Crippen molar-refractivity contribution in [3.8, 4) is 56.9 Å². The van der Waals surface area contributed by atoms with Crippen molar-refractivity contribution < 1.29 is 19.0 Å². The monoisotopic (exact) mass is 1160 g/mol. The van der Waals surface area contributed by atoms with Crippen molar-refractivity contribution in [2.45, 2.75) is 38.9 Å². The summed E-state index contributed by atoms with van der Waals surface area (Å²) in [6.45, 7) is 6.31. The maximum absolute atomic E-state index is 9.10. The van der Waals surface area contributed by atoms with Gasteiger partial charge in [-0.25, -0.2) is 19.9 Å². The van der Waals surface area contributed by atoms with Gasteiger partial charge >= 0.3 is 0 Å². The molecule has 88 heavy (non-hydrogen) atoms. The molecule has 16 aromatic rings. The third-order valence-corrected chi connectivity index (χ3v) is 16.0. The van der Waals surface area contributed by atoms with Gasteiger partial charge in [0.1, 0.15) is 30.2 Å². The Morgan fingerprint density at radius 1 is 0.318 bits per heavy atom. The number of hydrogen-bond donors (Lipinski definition) is 2. The summed E-state index contributed by atoms with van der Waals surface area (Å²) in [7, 11) is 5.77. The standard InChI is InChI=1S/C35H21N3O.C21H12ClN3O.C14H9B.C6H14O2/c1-2-10-23(11-3-1)33-36-34(25-19-20-27-24(21-25)18-17-22-9-4-5-12-26(22)27)38-35(37-33)29-14-8-16-31-32(29)28-13-6-7-15-30(28)39-31;22-21-24-19(13-7-2-1-3-8-13)23-20(25-21)15-10-6-12-17-18(15)14-9-4-5-11-16(14)26-17;15-12-7-8-14-11(9-12)6-5-10-3-1-2-4-13(10)14;1-5(2,7)6(3,4)8/h1-21H;1-12H;1-9H;7-8H,1-4H3. The fraction of sp³-hybridized carbons (Fsp3) is 0.0789. The molecule has 0 unspecified atom stereocenters. The first-order valence-corrected chi connectivity index (χ1v) is 29.2. The Kier molecular flexibility index (Phi) is 15.3. The number of furan rings is 2. The van der Waals surface area contributed by atoms with Gasteiger partial charge in [-0.05, 0) is 113 Å². The number of benzene rings is 12. The van der Waals surface area contributed by atoms with Gasteiger partial charge in [-0.2, -0.15) is 9.97 Å². The molecule has 0 saturated heterocycles. The van der Waals surface area contributed by atoms with Crippen LogP contribution in [0, 0.1) is 0 Å². The molecule has 12 heteroatoms. The molecule has 4 aromatic heterocycles. The zero-order valence-electron chi connectivity index (χ0n) is 48.6. The Balaban J connectivity index is 0.000000125. The molecule has 0 fully saturated rings. The molecule has 0 aliphatic heterocycles. The van der Waals surface area contributed by atoms with Crippen molar-refractivity contribution in [1.82, 2.24) is 29.9 Å². The van der Waals surface area contributed by atoms with Crippen molar-refractivity contribution in [2.75, 3.05) is 0 Å². The number of para-hydroxylation sites is 2. The molecule has 10 nitrogen and oxygen atoms in total. The number of aromatic nitrogens is 6. The Bertz CT molecular complexity index is 5220. The summed E-state index contributed by atoms with van der Waals surface area (Å²) >= 11 is 6.21. The van der Waals surface area contributed by atoms with Gasteiger partial charge in [0.2, 0.25) is 5.28 Å². The van der Waals surface area contributed by atoms with Gasteiger partial charge in [0.25, 0.3) is 0 Å². The summed E-state index contributed by atoms with van der Waals surface area (Å²) in [6, 6.07) is 85.7. The zero-order valence-corrected chi connectivity index (χ0v) is 49.4. The van der Waals surface area contributed by atoms with E-state index in [0.29, 0.717) is 29.1 Å². The Hall–Kier alpha value is -10.4. The van der Waals surface area contributed by atoms with E-state index >= 15 is 0 Å². The molecular formula is C76H56BClN6O4. The van der Waals surface area contributed by atoms with Crippen molar-refractivity contribution in [3.05, 3.63) is 260 Å². The van der Waals surface area contributed by atoms with Crippen LogP contribution < -0.4 is 5.46 Å². The highest BCUT2D eigenvalue weighted by molar-refractivity contribution is 6.33. The highest BCUT2D eigenvalue weighted by Gasteiger charge is 2.32. The number of hydrogen-bond acceptors (Lipinski definition) is 10. The Morgan fingerprint density at radius 2 is 0.682 bits per heavy atom. The fourth-order valence-corrected chi connectivity index (χ4v) is 10.8. The quantitative estimate of drug-likeness (QED) is 0.122. The maximum atomic E-state index is 9.10. The SMILES string of the molecule is CC(C)(O)C(C)(C)O.Clc1nc(-c2ccccc2)nc(-c2cccc3oc4ccccc4c23)n1.[B]c1ccc2c(ccc3ccccc32)c1.c1ccc(-c2nc(-c3ccc4c(ccc5ccccc54)c3)nc(-c3cccc4oc5ccccc5c34)n2)cc1. The number of aliphatic hydroxyl groups is 2. The molecule has 2 radical (unpaired) electrons. The fourth-order valence-electron chi connectivity index (χ4n) is 10.6. The van der Waals surface area contributed by atoms with Gasteiger partial charge < -0.3 is 19.0 Å². The largest absolute Gasteiger partial charge is 0.456 e. The van der Waals surface area contributed by atoms with Gasteiger partial charge in [0.15, 0.2) is 29.1 Å². The third-order valence-electron chi connectivity index (χ3n) is 15.9. The molecule has 16 rings (SSSR count). The molecule has 0 amide bonds. The first-order chi connectivity index (χ1) is 42.7. The number of fused-ring (bicyclic) bond motifs is 12. The summed E-state index contributed by atoms with van der Waals surface area (Å²) in [5, 5.41) is 32.3. The normalized spacial score (nSPS) is 11.6. The lowest BCUT2D eigenvalue weighted by Crippen LogP contribution is -2.44. The van der Waals surface area contributed by atoms with Gasteiger partial charge in [-0.15, -0.1) is 0 Å². The second kappa shape index (κ2) is 23.8. The minimum Gasteiger partial charge on any atom is -0.456 e. The smallest absolute Gasteiger partial charge is 0.226 e. The minimum atomic E-state index is -1.01. The van der Waals surface area contributed by atoms with Crippen LogP contribution in [0.25, 0.3) is 144 Å². The van der Waals surface area contributed by atoms with Gasteiger partial charge in [-0.3, -0.25) is 0 Å². The number of nitrogens with zero attached hydrogens (tertiary/aromatic N) is 6. The highest BCUT2D eigenvalue weighted by Crippen LogP contribution is 2.39. The lowest BCUT2D eigenvalue weighted by Gasteiger charge is -2.31. The van der Waals surface area contributed by atoms with Gasteiger partial charge in [-0.1, -0.05) is 230 Å². The van der Waals surface area contributed by atoms with Crippen LogP contribution in [0.15, 0.2) is 264 Å². The van der Waals surface area contributed by atoms with Crippen LogP contribution in [0.1, 0.15) is 27.7 Å². The second-order valence-electron chi connectivity index (χ2n) is 22.5. The number of halogens is 1. The molecule has 4 heterocycles. The lowest BCUT2D eigenvalue weighted by atomic mass is 9.90. The molecule has 0 aliphatic carbocycles. The molecule has 0 aliphatic rings. The van der Waals surface area contributed by atoms with Crippen molar-refractivity contribution in [3.63, 3.8) is 0 Å². The maximum Gasteiger partial charge on any atom is 0.226 e. The summed E-state index contributed by atoms with van der Waals surface area (Å²) in [6.07, 6.45) is 0. The van der Waals surface area contributed by atoms with E-state index < -0.39 is 11.2 Å². The Morgan fingerprint density at radius 3 is 1.19 bits per heavy atom. The molecule has 424 valence electrons. The van der Waals surface area contributed by atoms with Crippen LogP contribution in [0.5, 0.6) is 0 Å². The molecule has 12 aromatic carbocycles. The Labute approximate surface area is 513 Å². The van der Waals surface area contributed by atoms with Crippen molar-refractivity contribution in [1.29, 1.82) is 0 Å². The summed E-state index contributed by atoms with van der Waals surface area (Å²) in [5.74, 6) is 2.97. The van der Waals surface area contributed by atoms with E-state index in [9.17, 15) is 0 Å². The average molecular weight is 1160 g/mol. The first-order valence-electron chi connectivity index (χ1n) is 28.8. The minimum absolute atomic E-state index is 0.165. The predicted molar refractivity (Wildman–Crippen MR) is 361 cm³/mol. The van der Waals surface area contributed by atoms with Crippen LogP contribution >= 0.6 is 11.6 Å². The van der Waals surface area contributed by atoms with E-state index in [1.165, 1.54) is 37.7 Å². The zero-order chi connectivity index (χ0) is 60.5. The van der Waals surface area contributed by atoms with Crippen LogP contribution in [0.2, 0.25) is 5.28 Å². The van der Waals surface area contributed by atoms with Crippen molar-refractivity contribution in [2.24, 2.45) is 0 Å². The van der Waals surface area contributed by atoms with E-state index in [2.05, 4.69) is 124 Å². The molecule has 0 bridgehead atoms. The highest BCUT2D eigenvalue weighted by atomic mass is 35.5. The lowest BCUT2D eigenvalue weighted by molar-refractivity contribution is -0.107. The topological polar surface area (TPSA) is 144 Å².